The Kier molecular flexibility index (Phi) is 4.47. The van der Waals surface area contributed by atoms with Gasteiger partial charge in [-0.1, -0.05) is 24.3 Å². The third-order valence-corrected chi connectivity index (χ3v) is 5.07. The minimum Gasteiger partial charge on any atom is -0.465 e. The number of esters is 1. The fraction of sp³-hybridized carbons (Fsp3) is 0.167. The fourth-order valence-electron chi connectivity index (χ4n) is 3.70. The van der Waals surface area contributed by atoms with Gasteiger partial charge in [-0.05, 0) is 73.4 Å². The van der Waals surface area contributed by atoms with Crippen LogP contribution in [0.1, 0.15) is 27.3 Å². The molecule has 0 bridgehead atoms. The second-order valence-corrected chi connectivity index (χ2v) is 7.09. The molecule has 0 aliphatic heterocycles. The number of hydrogen-bond acceptors (Lipinski definition) is 3. The third kappa shape index (κ3) is 3.18. The summed E-state index contributed by atoms with van der Waals surface area (Å²) in [6.45, 7) is 6.15. The van der Waals surface area contributed by atoms with Crippen molar-refractivity contribution in [2.45, 2.75) is 20.8 Å². The van der Waals surface area contributed by atoms with Crippen LogP contribution >= 0.6 is 0 Å². The smallest absolute Gasteiger partial charge is 0.337 e. The summed E-state index contributed by atoms with van der Waals surface area (Å²) in [5.41, 5.74) is 9.30. The van der Waals surface area contributed by atoms with Gasteiger partial charge in [0.2, 0.25) is 0 Å². The minimum atomic E-state index is -0.326. The molecule has 1 N–H and O–H groups in total. The number of carbonyl (C=O) groups excluding carboxylic acids is 1. The summed E-state index contributed by atoms with van der Waals surface area (Å²) in [6.07, 6.45) is 0. The predicted octanol–water partition coefficient (Wildman–Crippen LogP) is 5.61. The van der Waals surface area contributed by atoms with Gasteiger partial charge in [-0.15, -0.1) is 0 Å². The summed E-state index contributed by atoms with van der Waals surface area (Å²) in [5, 5.41) is 1.19. The Morgan fingerprint density at radius 3 is 2.14 bits per heavy atom. The van der Waals surface area contributed by atoms with Crippen LogP contribution in [0.25, 0.3) is 33.3 Å². The van der Waals surface area contributed by atoms with E-state index in [1.807, 2.05) is 26.0 Å². The van der Waals surface area contributed by atoms with Gasteiger partial charge < -0.3 is 9.72 Å². The Hall–Kier alpha value is -3.40. The maximum atomic E-state index is 11.7. The molecule has 28 heavy (non-hydrogen) atoms. The number of hydrogen-bond donors (Lipinski definition) is 1. The van der Waals surface area contributed by atoms with Crippen molar-refractivity contribution in [2.75, 3.05) is 7.11 Å². The molecule has 0 unspecified atom stereocenters. The van der Waals surface area contributed by atoms with Gasteiger partial charge in [0.25, 0.3) is 0 Å². The largest absolute Gasteiger partial charge is 0.465 e. The number of methoxy groups -OCH3 is 1. The van der Waals surface area contributed by atoms with Crippen molar-refractivity contribution < 1.29 is 9.53 Å². The lowest BCUT2D eigenvalue weighted by atomic mass is 10.0. The van der Waals surface area contributed by atoms with Gasteiger partial charge in [0, 0.05) is 28.0 Å². The minimum absolute atomic E-state index is 0.326. The van der Waals surface area contributed by atoms with Crippen LogP contribution in [-0.2, 0) is 4.74 Å². The molecule has 4 aromatic rings. The van der Waals surface area contributed by atoms with Gasteiger partial charge in [0.15, 0.2) is 0 Å². The number of ether oxygens (including phenoxy) is 1. The first kappa shape index (κ1) is 18.0. The summed E-state index contributed by atoms with van der Waals surface area (Å²) in [6, 6.07) is 18.2. The van der Waals surface area contributed by atoms with Crippen LogP contribution in [0.4, 0.5) is 0 Å². The SMILES string of the molecule is COC(=O)c1ccc(-c2[nH]c3cc(-c4cc(C)nc(C)c4)ccc3c2C)cc1. The summed E-state index contributed by atoms with van der Waals surface area (Å²) in [7, 11) is 1.39. The summed E-state index contributed by atoms with van der Waals surface area (Å²) < 4.78 is 4.77. The normalized spacial score (nSPS) is 11.0. The number of aryl methyl sites for hydroxylation is 3. The summed E-state index contributed by atoms with van der Waals surface area (Å²) in [5.74, 6) is -0.326. The van der Waals surface area contributed by atoms with Gasteiger partial charge in [-0.2, -0.15) is 0 Å². The van der Waals surface area contributed by atoms with E-state index >= 15 is 0 Å². The lowest BCUT2D eigenvalue weighted by Crippen LogP contribution is -2.00. The molecule has 0 aliphatic rings. The molecule has 2 heterocycles. The summed E-state index contributed by atoms with van der Waals surface area (Å²) >= 11 is 0. The zero-order valence-corrected chi connectivity index (χ0v) is 16.5. The average molecular weight is 370 g/mol. The van der Waals surface area contributed by atoms with Gasteiger partial charge >= 0.3 is 5.97 Å². The first-order chi connectivity index (χ1) is 13.5. The fourth-order valence-corrected chi connectivity index (χ4v) is 3.70. The highest BCUT2D eigenvalue weighted by Crippen LogP contribution is 2.32. The van der Waals surface area contributed by atoms with Crippen LogP contribution in [0.2, 0.25) is 0 Å². The molecule has 0 aliphatic carbocycles. The van der Waals surface area contributed by atoms with Crippen molar-refractivity contribution in [3.05, 3.63) is 77.1 Å². The van der Waals surface area contributed by atoms with E-state index in [9.17, 15) is 4.79 Å². The molecule has 2 aromatic carbocycles. The van der Waals surface area contributed by atoms with Crippen LogP contribution < -0.4 is 0 Å². The van der Waals surface area contributed by atoms with Crippen molar-refractivity contribution in [3.63, 3.8) is 0 Å². The number of aromatic amines is 1. The van der Waals surface area contributed by atoms with Crippen LogP contribution in [-0.4, -0.2) is 23.0 Å². The van der Waals surface area contributed by atoms with Gasteiger partial charge in [-0.25, -0.2) is 4.79 Å². The highest BCUT2D eigenvalue weighted by atomic mass is 16.5. The van der Waals surface area contributed by atoms with Crippen molar-refractivity contribution >= 4 is 16.9 Å². The molecule has 4 rings (SSSR count). The molecule has 0 saturated heterocycles. The van der Waals surface area contributed by atoms with E-state index in [0.29, 0.717) is 5.56 Å². The molecular formula is C24H22N2O2. The quantitative estimate of drug-likeness (QED) is 0.477. The number of pyridine rings is 1. The Morgan fingerprint density at radius 1 is 0.857 bits per heavy atom. The molecule has 0 spiro atoms. The monoisotopic (exact) mass is 370 g/mol. The maximum absolute atomic E-state index is 11.7. The molecule has 0 fully saturated rings. The van der Waals surface area contributed by atoms with Crippen molar-refractivity contribution in [1.29, 1.82) is 0 Å². The zero-order valence-electron chi connectivity index (χ0n) is 16.5. The lowest BCUT2D eigenvalue weighted by Gasteiger charge is -2.05. The Morgan fingerprint density at radius 2 is 1.50 bits per heavy atom. The molecule has 0 amide bonds. The number of rotatable bonds is 3. The topological polar surface area (TPSA) is 55.0 Å². The lowest BCUT2D eigenvalue weighted by molar-refractivity contribution is 0.0601. The number of fused-ring (bicyclic) bond motifs is 1. The van der Waals surface area contributed by atoms with E-state index in [2.05, 4.69) is 47.2 Å². The second-order valence-electron chi connectivity index (χ2n) is 7.09. The van der Waals surface area contributed by atoms with Crippen molar-refractivity contribution in [3.8, 4) is 22.4 Å². The molecule has 4 nitrogen and oxygen atoms in total. The Balaban J connectivity index is 1.77. The zero-order chi connectivity index (χ0) is 19.8. The molecule has 0 saturated carbocycles. The second kappa shape index (κ2) is 6.97. The van der Waals surface area contributed by atoms with Gasteiger partial charge in [-0.3, -0.25) is 4.98 Å². The van der Waals surface area contributed by atoms with E-state index in [0.717, 1.165) is 33.7 Å². The average Bonchev–Trinajstić information content (AvgIpc) is 3.03. The van der Waals surface area contributed by atoms with Crippen LogP contribution in [0.5, 0.6) is 0 Å². The number of nitrogens with zero attached hydrogens (tertiary/aromatic N) is 1. The molecular weight excluding hydrogens is 348 g/mol. The highest BCUT2D eigenvalue weighted by Gasteiger charge is 2.12. The first-order valence-electron chi connectivity index (χ1n) is 9.23. The molecule has 0 radical (unpaired) electrons. The van der Waals surface area contributed by atoms with Crippen molar-refractivity contribution in [2.24, 2.45) is 0 Å². The number of benzene rings is 2. The first-order valence-corrected chi connectivity index (χ1v) is 9.23. The molecule has 4 heteroatoms. The number of H-pyrrole nitrogens is 1. The Bertz CT molecular complexity index is 1170. The van der Waals surface area contributed by atoms with Crippen molar-refractivity contribution in [1.82, 2.24) is 9.97 Å². The van der Waals surface area contributed by atoms with E-state index in [4.69, 9.17) is 4.74 Å². The van der Waals surface area contributed by atoms with Crippen LogP contribution in [0, 0.1) is 20.8 Å². The predicted molar refractivity (Wildman–Crippen MR) is 113 cm³/mol. The summed E-state index contributed by atoms with van der Waals surface area (Å²) in [4.78, 5) is 19.7. The number of carbonyl (C=O) groups is 1. The van der Waals surface area contributed by atoms with E-state index in [1.165, 1.54) is 23.6 Å². The molecule has 0 atom stereocenters. The van der Waals surface area contributed by atoms with Gasteiger partial charge in [0.05, 0.1) is 12.7 Å². The van der Waals surface area contributed by atoms with E-state index in [1.54, 1.807) is 12.1 Å². The van der Waals surface area contributed by atoms with Gasteiger partial charge in [0.1, 0.15) is 0 Å². The number of nitrogens with one attached hydrogen (secondary N) is 1. The number of aromatic nitrogens is 2. The highest BCUT2D eigenvalue weighted by molar-refractivity contribution is 5.94. The van der Waals surface area contributed by atoms with E-state index in [-0.39, 0.29) is 5.97 Å². The molecule has 2 aromatic heterocycles. The van der Waals surface area contributed by atoms with Crippen LogP contribution in [0.15, 0.2) is 54.6 Å². The molecule has 140 valence electrons. The Labute approximate surface area is 164 Å². The maximum Gasteiger partial charge on any atom is 0.337 e. The third-order valence-electron chi connectivity index (χ3n) is 5.07. The standard InChI is InChI=1S/C24H22N2O2/c1-14-11-20(12-15(2)25-14)19-9-10-21-16(3)23(26-22(21)13-19)17-5-7-18(8-6-17)24(27)28-4/h5-13,26H,1-4H3. The van der Waals surface area contributed by atoms with E-state index < -0.39 is 0 Å². The van der Waals surface area contributed by atoms with Crippen LogP contribution in [0.3, 0.4) is 0 Å².